The van der Waals surface area contributed by atoms with Crippen molar-refractivity contribution in [2.45, 2.75) is 39.9 Å². The summed E-state index contributed by atoms with van der Waals surface area (Å²) in [4.78, 5) is 9.24. The lowest BCUT2D eigenvalue weighted by atomic mass is 10.2. The SMILES string of the molecule is C/C(CC/C(C)=N/OCc1c(F)c(F)c(F)c(F)c1F)=N\OCc1c(F)c(F)c(F)c(F)c1F. The molecule has 0 radical (unpaired) electrons. The second-order valence-electron chi connectivity index (χ2n) is 6.80. The van der Waals surface area contributed by atoms with E-state index in [0.717, 1.165) is 0 Å². The third-order valence-electron chi connectivity index (χ3n) is 4.31. The first kappa shape index (κ1) is 26.9. The second-order valence-corrected chi connectivity index (χ2v) is 6.80. The number of hydrogen-bond acceptors (Lipinski definition) is 4. The first-order chi connectivity index (χ1) is 15.9. The van der Waals surface area contributed by atoms with Gasteiger partial charge in [-0.2, -0.15) is 0 Å². The molecule has 0 atom stereocenters. The molecule has 2 rings (SSSR count). The Labute approximate surface area is 185 Å². The molecule has 0 aliphatic carbocycles. The van der Waals surface area contributed by atoms with Gasteiger partial charge in [-0.3, -0.25) is 0 Å². The Morgan fingerprint density at radius 2 is 0.706 bits per heavy atom. The van der Waals surface area contributed by atoms with Gasteiger partial charge in [-0.1, -0.05) is 10.3 Å². The Kier molecular flexibility index (Phi) is 8.87. The fourth-order valence-corrected chi connectivity index (χ4v) is 2.42. The number of nitrogens with zero attached hydrogens (tertiary/aromatic N) is 2. The monoisotopic (exact) mass is 504 g/mol. The van der Waals surface area contributed by atoms with Gasteiger partial charge in [0.05, 0.1) is 22.6 Å². The standard InChI is InChI=1S/C20H14F10N2O2/c1-7(31-33-5-9-11(21)15(25)19(29)16(26)12(9)22)3-4-8(2)32-34-6-10-13(23)17(27)20(30)18(28)14(10)24/h3-6H2,1-2H3/b31-7+,32-8+. The fourth-order valence-electron chi connectivity index (χ4n) is 2.42. The number of halogens is 10. The van der Waals surface area contributed by atoms with Crippen LogP contribution in [0.5, 0.6) is 0 Å². The van der Waals surface area contributed by atoms with E-state index in [9.17, 15) is 43.9 Å². The van der Waals surface area contributed by atoms with E-state index in [1.807, 2.05) is 0 Å². The summed E-state index contributed by atoms with van der Waals surface area (Å²) < 4.78 is 133. The molecule has 0 fully saturated rings. The molecule has 14 heteroatoms. The minimum Gasteiger partial charge on any atom is -0.391 e. The molecule has 34 heavy (non-hydrogen) atoms. The third-order valence-corrected chi connectivity index (χ3v) is 4.31. The molecule has 0 aliphatic rings. The molecule has 0 amide bonds. The van der Waals surface area contributed by atoms with Crippen molar-refractivity contribution in [2.75, 3.05) is 0 Å². The fraction of sp³-hybridized carbons (Fsp3) is 0.300. The van der Waals surface area contributed by atoms with Crippen molar-refractivity contribution >= 4 is 11.4 Å². The second kappa shape index (κ2) is 11.2. The van der Waals surface area contributed by atoms with Gasteiger partial charge in [0.15, 0.2) is 46.5 Å². The van der Waals surface area contributed by atoms with Gasteiger partial charge in [0, 0.05) is 0 Å². The highest BCUT2D eigenvalue weighted by Crippen LogP contribution is 2.25. The molecule has 4 nitrogen and oxygen atoms in total. The summed E-state index contributed by atoms with van der Waals surface area (Å²) >= 11 is 0. The first-order valence-corrected chi connectivity index (χ1v) is 9.19. The summed E-state index contributed by atoms with van der Waals surface area (Å²) in [7, 11) is 0. The van der Waals surface area contributed by atoms with E-state index in [1.54, 1.807) is 0 Å². The van der Waals surface area contributed by atoms with Gasteiger partial charge < -0.3 is 9.68 Å². The highest BCUT2D eigenvalue weighted by atomic mass is 19.2. The van der Waals surface area contributed by atoms with Crippen LogP contribution in [0.25, 0.3) is 0 Å². The van der Waals surface area contributed by atoms with Crippen molar-refractivity contribution in [3.05, 3.63) is 69.3 Å². The molecule has 186 valence electrons. The lowest BCUT2D eigenvalue weighted by Gasteiger charge is -2.08. The summed E-state index contributed by atoms with van der Waals surface area (Å²) in [5.41, 5.74) is -2.05. The maximum Gasteiger partial charge on any atom is 0.200 e. The molecule has 0 heterocycles. The van der Waals surface area contributed by atoms with E-state index in [4.69, 9.17) is 0 Å². The smallest absolute Gasteiger partial charge is 0.200 e. The zero-order valence-corrected chi connectivity index (χ0v) is 17.3. The summed E-state index contributed by atoms with van der Waals surface area (Å²) in [5.74, 6) is -21.4. The van der Waals surface area contributed by atoms with Crippen molar-refractivity contribution in [3.63, 3.8) is 0 Å². The third kappa shape index (κ3) is 5.78. The van der Waals surface area contributed by atoms with Gasteiger partial charge in [0.25, 0.3) is 0 Å². The van der Waals surface area contributed by atoms with Crippen molar-refractivity contribution in [1.82, 2.24) is 0 Å². The highest BCUT2D eigenvalue weighted by Gasteiger charge is 2.27. The van der Waals surface area contributed by atoms with E-state index < -0.39 is 82.5 Å². The minimum absolute atomic E-state index is 0.0817. The molecule has 0 saturated carbocycles. The Hall–Kier alpha value is -3.32. The predicted octanol–water partition coefficient (Wildman–Crippen LogP) is 6.34. The van der Waals surface area contributed by atoms with Gasteiger partial charge in [0.2, 0.25) is 11.6 Å². The van der Waals surface area contributed by atoms with Crippen molar-refractivity contribution in [3.8, 4) is 0 Å². The van der Waals surface area contributed by atoms with Crippen LogP contribution in [0.15, 0.2) is 10.3 Å². The van der Waals surface area contributed by atoms with Crippen LogP contribution >= 0.6 is 0 Å². The quantitative estimate of drug-likeness (QED) is 0.132. The molecule has 2 aromatic rings. The predicted molar refractivity (Wildman–Crippen MR) is 97.5 cm³/mol. The zero-order chi connectivity index (χ0) is 25.7. The largest absolute Gasteiger partial charge is 0.391 e. The van der Waals surface area contributed by atoms with E-state index in [2.05, 4.69) is 20.0 Å². The maximum absolute atomic E-state index is 13.5. The van der Waals surface area contributed by atoms with Crippen LogP contribution in [0.3, 0.4) is 0 Å². The average molecular weight is 504 g/mol. The van der Waals surface area contributed by atoms with Crippen LogP contribution in [0.4, 0.5) is 43.9 Å². The lowest BCUT2D eigenvalue weighted by molar-refractivity contribution is 0.121. The molecule has 0 aromatic heterocycles. The van der Waals surface area contributed by atoms with Gasteiger partial charge in [-0.25, -0.2) is 43.9 Å². The normalized spacial score (nSPS) is 12.4. The van der Waals surface area contributed by atoms with E-state index >= 15 is 0 Å². The zero-order valence-electron chi connectivity index (χ0n) is 17.3. The summed E-state index contributed by atoms with van der Waals surface area (Å²) in [6, 6.07) is 0. The molecule has 0 saturated heterocycles. The summed E-state index contributed by atoms with van der Waals surface area (Å²) in [6.45, 7) is 0.672. The van der Waals surface area contributed by atoms with Crippen LogP contribution in [0.2, 0.25) is 0 Å². The Bertz CT molecular complexity index is 1000. The summed E-state index contributed by atoms with van der Waals surface area (Å²) in [6.07, 6.45) is 0.163. The van der Waals surface area contributed by atoms with Gasteiger partial charge in [0.1, 0.15) is 13.2 Å². The molecule has 2 aromatic carbocycles. The van der Waals surface area contributed by atoms with Crippen LogP contribution in [-0.2, 0) is 22.9 Å². The molecule has 0 N–H and O–H groups in total. The van der Waals surface area contributed by atoms with Crippen LogP contribution in [0, 0.1) is 58.2 Å². The molecule has 0 bridgehead atoms. The van der Waals surface area contributed by atoms with Crippen LogP contribution in [0.1, 0.15) is 37.8 Å². The lowest BCUT2D eigenvalue weighted by Crippen LogP contribution is -2.08. The van der Waals surface area contributed by atoms with Gasteiger partial charge >= 0.3 is 0 Å². The van der Waals surface area contributed by atoms with Crippen molar-refractivity contribution in [1.29, 1.82) is 0 Å². The van der Waals surface area contributed by atoms with Gasteiger partial charge in [-0.15, -0.1) is 0 Å². The van der Waals surface area contributed by atoms with Gasteiger partial charge in [-0.05, 0) is 26.7 Å². The molecule has 0 spiro atoms. The first-order valence-electron chi connectivity index (χ1n) is 9.19. The molecule has 0 aliphatic heterocycles. The number of hydrogen-bond donors (Lipinski definition) is 0. The molecule has 0 unspecified atom stereocenters. The molecular weight excluding hydrogens is 490 g/mol. The number of oxime groups is 2. The van der Waals surface area contributed by atoms with Crippen LogP contribution in [-0.4, -0.2) is 11.4 Å². The minimum atomic E-state index is -2.31. The van der Waals surface area contributed by atoms with Crippen LogP contribution < -0.4 is 0 Å². The Morgan fingerprint density at radius 1 is 0.471 bits per heavy atom. The van der Waals surface area contributed by atoms with E-state index in [-0.39, 0.29) is 24.3 Å². The van der Waals surface area contributed by atoms with Crippen molar-refractivity contribution in [2.24, 2.45) is 10.3 Å². The van der Waals surface area contributed by atoms with E-state index in [1.165, 1.54) is 13.8 Å². The summed E-state index contributed by atoms with van der Waals surface area (Å²) in [5, 5.41) is 6.93. The number of rotatable bonds is 9. The molecular formula is C20H14F10N2O2. The average Bonchev–Trinajstić information content (AvgIpc) is 2.81. The van der Waals surface area contributed by atoms with Crippen molar-refractivity contribution < 1.29 is 53.6 Å². The number of benzene rings is 2. The topological polar surface area (TPSA) is 43.2 Å². The Balaban J connectivity index is 1.92. The maximum atomic E-state index is 13.5. The highest BCUT2D eigenvalue weighted by molar-refractivity contribution is 5.88. The van der Waals surface area contributed by atoms with E-state index in [0.29, 0.717) is 0 Å². The Morgan fingerprint density at radius 3 is 0.971 bits per heavy atom.